The van der Waals surface area contributed by atoms with Crippen LogP contribution in [-0.4, -0.2) is 24.5 Å². The van der Waals surface area contributed by atoms with Crippen molar-refractivity contribution < 1.29 is 0 Å². The maximum Gasteiger partial charge on any atom is 0.268 e. The number of nitriles is 1. The van der Waals surface area contributed by atoms with Gasteiger partial charge in [0, 0.05) is 11.3 Å². The quantitative estimate of drug-likeness (QED) is 0.507. The molecule has 0 aliphatic carbocycles. The molecule has 0 spiro atoms. The van der Waals surface area contributed by atoms with Crippen LogP contribution in [0.4, 0.5) is 0 Å². The van der Waals surface area contributed by atoms with Crippen LogP contribution in [0.1, 0.15) is 11.1 Å². The van der Waals surface area contributed by atoms with Crippen molar-refractivity contribution in [3.05, 3.63) is 82.4 Å². The molecule has 0 amide bonds. The van der Waals surface area contributed by atoms with Gasteiger partial charge in [-0.05, 0) is 19.1 Å². The highest BCUT2D eigenvalue weighted by Gasteiger charge is 2.23. The minimum Gasteiger partial charge on any atom is -0.305 e. The monoisotopic (exact) mass is 378 g/mol. The van der Waals surface area contributed by atoms with Crippen molar-refractivity contribution >= 4 is 11.2 Å². The van der Waals surface area contributed by atoms with E-state index in [2.05, 4.69) is 15.0 Å². The summed E-state index contributed by atoms with van der Waals surface area (Å²) in [7, 11) is 0. The maximum absolute atomic E-state index is 12.3. The zero-order valence-corrected chi connectivity index (χ0v) is 15.4. The van der Waals surface area contributed by atoms with E-state index in [1.165, 1.54) is 0 Å². The van der Waals surface area contributed by atoms with E-state index in [1.807, 2.05) is 72.2 Å². The Bertz CT molecular complexity index is 1430. The van der Waals surface area contributed by atoms with Gasteiger partial charge in [0.25, 0.3) is 5.56 Å². The van der Waals surface area contributed by atoms with Crippen LogP contribution < -0.4 is 5.56 Å². The zero-order chi connectivity index (χ0) is 20.0. The number of hydrogen-bond donors (Lipinski definition) is 1. The molecule has 1 N–H and O–H groups in total. The molecular formula is C22H14N6O. The lowest BCUT2D eigenvalue weighted by Gasteiger charge is -2.03. The summed E-state index contributed by atoms with van der Waals surface area (Å²) in [5, 5.41) is 9.53. The molecule has 0 unspecified atom stereocenters. The smallest absolute Gasteiger partial charge is 0.268 e. The molecule has 0 saturated carbocycles. The van der Waals surface area contributed by atoms with Gasteiger partial charge in [-0.15, -0.1) is 0 Å². The van der Waals surface area contributed by atoms with Gasteiger partial charge in [0.2, 0.25) is 0 Å². The Kier molecular flexibility index (Phi) is 3.71. The minimum absolute atomic E-state index is 0.0105. The predicted molar refractivity (Wildman–Crippen MR) is 109 cm³/mol. The molecule has 138 valence electrons. The fraction of sp³-hybridized carbons (Fsp3) is 0.0455. The molecule has 2 aliphatic rings. The molecule has 7 nitrogen and oxygen atoms in total. The van der Waals surface area contributed by atoms with Crippen LogP contribution in [0, 0.1) is 18.3 Å². The van der Waals surface area contributed by atoms with E-state index < -0.39 is 5.56 Å². The third kappa shape index (κ3) is 2.66. The Hall–Kier alpha value is -4.31. The topological polar surface area (TPSA) is 100 Å². The number of aromatic nitrogens is 5. The second-order valence-electron chi connectivity index (χ2n) is 6.70. The Morgan fingerprint density at radius 3 is 2.52 bits per heavy atom. The number of benzene rings is 2. The first-order valence-corrected chi connectivity index (χ1v) is 8.99. The van der Waals surface area contributed by atoms with Gasteiger partial charge in [-0.25, -0.2) is 15.0 Å². The van der Waals surface area contributed by atoms with Crippen LogP contribution in [0.5, 0.6) is 0 Å². The molecule has 3 aromatic rings. The highest BCUT2D eigenvalue weighted by atomic mass is 16.1. The Labute approximate surface area is 165 Å². The number of imidazole rings is 1. The van der Waals surface area contributed by atoms with Gasteiger partial charge < -0.3 is 4.98 Å². The number of rotatable bonds is 2. The molecule has 2 aliphatic heterocycles. The summed E-state index contributed by atoms with van der Waals surface area (Å²) in [6.07, 6.45) is 1.65. The molecule has 1 aromatic heterocycles. The van der Waals surface area contributed by atoms with Crippen molar-refractivity contribution in [2.75, 3.05) is 0 Å². The van der Waals surface area contributed by atoms with E-state index in [1.54, 1.807) is 6.33 Å². The van der Waals surface area contributed by atoms with Gasteiger partial charge in [-0.2, -0.15) is 5.26 Å². The van der Waals surface area contributed by atoms with E-state index >= 15 is 0 Å². The molecule has 2 aromatic carbocycles. The fourth-order valence-electron chi connectivity index (χ4n) is 3.35. The predicted octanol–water partition coefficient (Wildman–Crippen LogP) is 3.46. The van der Waals surface area contributed by atoms with Crippen LogP contribution in [-0.2, 0) is 0 Å². The fourth-order valence-corrected chi connectivity index (χ4v) is 3.35. The van der Waals surface area contributed by atoms with Crippen LogP contribution in [0.2, 0.25) is 0 Å². The lowest BCUT2D eigenvalue weighted by atomic mass is 10.1. The first kappa shape index (κ1) is 16.8. The van der Waals surface area contributed by atoms with Crippen molar-refractivity contribution in [3.63, 3.8) is 0 Å². The standard InChI is InChI=1S/C22H14N6O/c1-13-7-9-15(10-8-13)28-12-24-18-17-16(11-23)22(29)27-20(17)25-19(26-21(18)28)14-5-3-2-4-6-14/h2-10,12H,1H3,(H,25,26,27,29). The molecule has 29 heavy (non-hydrogen) atoms. The van der Waals surface area contributed by atoms with Crippen LogP contribution in [0.25, 0.3) is 39.6 Å². The highest BCUT2D eigenvalue weighted by Crippen LogP contribution is 2.30. The van der Waals surface area contributed by atoms with E-state index in [0.29, 0.717) is 28.4 Å². The van der Waals surface area contributed by atoms with Gasteiger partial charge in [0.05, 0.1) is 5.56 Å². The summed E-state index contributed by atoms with van der Waals surface area (Å²) in [5.74, 6) is 0.729. The summed E-state index contributed by atoms with van der Waals surface area (Å²) in [4.78, 5) is 28.8. The van der Waals surface area contributed by atoms with Crippen molar-refractivity contribution in [3.8, 4) is 34.5 Å². The summed E-state index contributed by atoms with van der Waals surface area (Å²) in [5.41, 5.74) is 3.67. The highest BCUT2D eigenvalue weighted by molar-refractivity contribution is 5.92. The summed E-state index contributed by atoms with van der Waals surface area (Å²) < 4.78 is 1.83. The third-order valence-electron chi connectivity index (χ3n) is 4.81. The zero-order valence-electron chi connectivity index (χ0n) is 15.4. The minimum atomic E-state index is -0.480. The largest absolute Gasteiger partial charge is 0.305 e. The van der Waals surface area contributed by atoms with Crippen LogP contribution >= 0.6 is 0 Å². The average Bonchev–Trinajstić information content (AvgIpc) is 3.24. The number of nitrogens with one attached hydrogen (secondary N) is 1. The van der Waals surface area contributed by atoms with Gasteiger partial charge in [-0.1, -0.05) is 48.0 Å². The van der Waals surface area contributed by atoms with Gasteiger partial charge in [-0.3, -0.25) is 9.36 Å². The van der Waals surface area contributed by atoms with E-state index in [-0.39, 0.29) is 5.56 Å². The number of hydrogen-bond acceptors (Lipinski definition) is 5. The van der Waals surface area contributed by atoms with Crippen molar-refractivity contribution in [1.82, 2.24) is 24.5 Å². The number of fused-ring (bicyclic) bond motifs is 3. The maximum atomic E-state index is 12.3. The van der Waals surface area contributed by atoms with Crippen LogP contribution in [0.15, 0.2) is 65.7 Å². The SMILES string of the molecule is Cc1ccc(-n2cnc3c4c(C#N)c(=O)[nH]c-4nc(-c4ccccc4)nc32)cc1. The second-order valence-corrected chi connectivity index (χ2v) is 6.70. The van der Waals surface area contributed by atoms with Crippen molar-refractivity contribution in [1.29, 1.82) is 5.26 Å². The van der Waals surface area contributed by atoms with Gasteiger partial charge in [0.15, 0.2) is 11.5 Å². The molecular weight excluding hydrogens is 364 g/mol. The van der Waals surface area contributed by atoms with Crippen molar-refractivity contribution in [2.45, 2.75) is 6.92 Å². The molecule has 5 rings (SSSR count). The van der Waals surface area contributed by atoms with E-state index in [4.69, 9.17) is 4.98 Å². The molecule has 0 saturated heterocycles. The Morgan fingerprint density at radius 1 is 1.03 bits per heavy atom. The number of aryl methyl sites for hydroxylation is 1. The molecule has 7 heteroatoms. The molecule has 3 heterocycles. The molecule has 0 bridgehead atoms. The number of nitrogens with zero attached hydrogens (tertiary/aromatic N) is 5. The van der Waals surface area contributed by atoms with E-state index in [0.717, 1.165) is 16.8 Å². The van der Waals surface area contributed by atoms with Crippen molar-refractivity contribution in [2.24, 2.45) is 0 Å². The summed E-state index contributed by atoms with van der Waals surface area (Å²) in [6, 6.07) is 19.4. The first-order chi connectivity index (χ1) is 14.2. The lowest BCUT2D eigenvalue weighted by molar-refractivity contribution is 1.06. The number of aromatic amines is 1. The molecule has 0 radical (unpaired) electrons. The number of H-pyrrole nitrogens is 1. The third-order valence-corrected chi connectivity index (χ3v) is 4.81. The van der Waals surface area contributed by atoms with E-state index in [9.17, 15) is 10.1 Å². The average molecular weight is 378 g/mol. The van der Waals surface area contributed by atoms with Gasteiger partial charge in [0.1, 0.15) is 29.3 Å². The molecule has 0 fully saturated rings. The lowest BCUT2D eigenvalue weighted by Crippen LogP contribution is -2.01. The first-order valence-electron chi connectivity index (χ1n) is 8.99. The Balaban J connectivity index is 1.92. The summed E-state index contributed by atoms with van der Waals surface area (Å²) in [6.45, 7) is 2.02. The van der Waals surface area contributed by atoms with Crippen LogP contribution in [0.3, 0.4) is 0 Å². The molecule has 0 atom stereocenters. The second kappa shape index (κ2) is 6.39. The normalized spacial score (nSPS) is 11.0. The van der Waals surface area contributed by atoms with Gasteiger partial charge >= 0.3 is 0 Å². The Morgan fingerprint density at radius 2 is 1.79 bits per heavy atom. The summed E-state index contributed by atoms with van der Waals surface area (Å²) >= 11 is 0.